The summed E-state index contributed by atoms with van der Waals surface area (Å²) in [5.74, 6) is 0. The van der Waals surface area contributed by atoms with Crippen molar-refractivity contribution in [1.29, 1.82) is 0 Å². The second kappa shape index (κ2) is 56.6. The predicted molar refractivity (Wildman–Crippen MR) is 13.9 cm³/mol. The van der Waals surface area contributed by atoms with Crippen LogP contribution in [0.15, 0.2) is 0 Å². The second-order valence-electron chi connectivity index (χ2n) is 0.0745. The van der Waals surface area contributed by atoms with Crippen LogP contribution in [0, 0.1) is 0 Å². The summed E-state index contributed by atoms with van der Waals surface area (Å²) >= 11 is 3.49. The summed E-state index contributed by atoms with van der Waals surface area (Å²) in [6.07, 6.45) is 0. The molecule has 0 spiro atoms. The normalized spacial score (nSPS) is 3.00. The van der Waals surface area contributed by atoms with Crippen LogP contribution in [0.5, 0.6) is 0 Å². The van der Waals surface area contributed by atoms with E-state index in [1.54, 1.807) is 0 Å². The predicted octanol–water partition coefficient (Wildman–Crippen LogP) is -0.464. The van der Waals surface area contributed by atoms with Crippen LogP contribution in [-0.4, -0.2) is 12.0 Å². The summed E-state index contributed by atoms with van der Waals surface area (Å²) in [5.41, 5.74) is 0. The van der Waals surface area contributed by atoms with Crippen LogP contribution in [-0.2, 0) is 41.5 Å². The Labute approximate surface area is 54.0 Å². The molecule has 0 aromatic heterocycles. The third kappa shape index (κ3) is 448. The van der Waals surface area contributed by atoms with Gasteiger partial charge in [0.2, 0.25) is 0 Å². The molecule has 0 amide bonds. The molecule has 0 saturated heterocycles. The summed E-state index contributed by atoms with van der Waals surface area (Å²) in [4.78, 5) is 16.6. The van der Waals surface area contributed by atoms with E-state index in [0.717, 1.165) is 0 Å². The van der Waals surface area contributed by atoms with Crippen molar-refractivity contribution < 1.29 is 41.5 Å². The standard InChI is InChI=1S/CH2O.CHO.2Ni/c2*1-2;;/h1H2;1H;;. The van der Waals surface area contributed by atoms with Gasteiger partial charge < -0.3 is 4.79 Å². The Bertz CT molecular complexity index is 23.5. The van der Waals surface area contributed by atoms with Gasteiger partial charge in [-0.3, -0.25) is 0 Å². The van der Waals surface area contributed by atoms with Gasteiger partial charge in [-0.2, -0.15) is 0 Å². The zero-order valence-electron chi connectivity index (χ0n) is 2.73. The smallest absolute Gasteiger partial charge is 0 e. The van der Waals surface area contributed by atoms with E-state index >= 15 is 0 Å². The average molecular weight is 176 g/mol. The second-order valence-corrected chi connectivity index (χ2v) is 0.307. The molecule has 0 bridgehead atoms. The van der Waals surface area contributed by atoms with Crippen molar-refractivity contribution in [2.75, 3.05) is 0 Å². The molecule has 4 heteroatoms. The van der Waals surface area contributed by atoms with E-state index in [-0.39, 0.29) is 16.5 Å². The van der Waals surface area contributed by atoms with Gasteiger partial charge in [0, 0.05) is 16.5 Å². The largest absolute Gasteiger partial charge is 0 e. The van der Waals surface area contributed by atoms with Crippen molar-refractivity contribution in [3.63, 3.8) is 0 Å². The Morgan fingerprint density at radius 1 is 1.50 bits per heavy atom. The number of rotatable bonds is 0. The molecule has 0 radical (unpaired) electrons. The zero-order valence-corrected chi connectivity index (χ0v) is 4.71. The Kier molecular flexibility index (Phi) is 153. The first-order valence-electron chi connectivity index (χ1n) is 0.707. The molecule has 0 N–H and O–H groups in total. The van der Waals surface area contributed by atoms with Crippen LogP contribution in [0.4, 0.5) is 0 Å². The van der Waals surface area contributed by atoms with Crippen LogP contribution in [0.3, 0.4) is 0 Å². The Balaban J connectivity index is -0.0000000275. The van der Waals surface area contributed by atoms with Crippen molar-refractivity contribution in [2.24, 2.45) is 0 Å². The van der Waals surface area contributed by atoms with E-state index in [2.05, 4.69) is 15.5 Å². The fraction of sp³-hybridized carbons (Fsp3) is 0. The van der Waals surface area contributed by atoms with Gasteiger partial charge in [0.25, 0.3) is 0 Å². The van der Waals surface area contributed by atoms with Crippen molar-refractivity contribution in [3.8, 4) is 0 Å². The van der Waals surface area contributed by atoms with Crippen molar-refractivity contribution in [1.82, 2.24) is 0 Å². The minimum Gasteiger partial charge on any atom is 0 e. The maximum Gasteiger partial charge on any atom is 0 e. The Morgan fingerprint density at radius 2 is 1.50 bits per heavy atom. The molecule has 43 valence electrons. The van der Waals surface area contributed by atoms with Crippen LogP contribution in [0.25, 0.3) is 0 Å². The van der Waals surface area contributed by atoms with Crippen LogP contribution >= 0.6 is 0 Å². The van der Waals surface area contributed by atoms with Crippen LogP contribution < -0.4 is 0 Å². The van der Waals surface area contributed by atoms with Gasteiger partial charge in [0.05, 0.1) is 0 Å². The van der Waals surface area contributed by atoms with Crippen LogP contribution in [0.2, 0.25) is 0 Å². The van der Waals surface area contributed by atoms with Crippen molar-refractivity contribution >= 4 is 12.0 Å². The number of hydrogen-bond acceptors (Lipinski definition) is 2. The van der Waals surface area contributed by atoms with Gasteiger partial charge in [-0.15, -0.1) is 0 Å². The molecule has 0 rings (SSSR count). The molecule has 0 fully saturated rings. The molecule has 0 aromatic carbocycles. The number of hydrogen-bond donors (Lipinski definition) is 0. The molecule has 0 unspecified atom stereocenters. The molecule has 2 nitrogen and oxygen atoms in total. The van der Waals surface area contributed by atoms with Gasteiger partial charge in [0.1, 0.15) is 6.79 Å². The SMILES string of the molecule is C=O.O=[CH][Ni].[Ni]. The third-order valence-electron chi connectivity index (χ3n) is 0. The topological polar surface area (TPSA) is 34.1 Å². The maximum atomic E-state index is 8.64. The van der Waals surface area contributed by atoms with Gasteiger partial charge in [-0.1, -0.05) is 0 Å². The maximum absolute atomic E-state index is 8.64. The summed E-state index contributed by atoms with van der Waals surface area (Å²) in [7, 11) is 0. The molecule has 6 heavy (non-hydrogen) atoms. The molecule has 0 atom stereocenters. The summed E-state index contributed by atoms with van der Waals surface area (Å²) in [6, 6.07) is 0. The van der Waals surface area contributed by atoms with E-state index in [1.165, 1.54) is 0 Å². The van der Waals surface area contributed by atoms with Gasteiger partial charge >= 0.3 is 25.5 Å². The quantitative estimate of drug-likeness (QED) is 0.370. The monoisotopic (exact) mass is 175 g/mol. The molecular weight excluding hydrogens is 173 g/mol. The Morgan fingerprint density at radius 3 is 1.50 bits per heavy atom. The number of carbonyl (C=O) groups is 2. The van der Waals surface area contributed by atoms with Gasteiger partial charge in [0.15, 0.2) is 0 Å². The van der Waals surface area contributed by atoms with Crippen LogP contribution in [0.1, 0.15) is 0 Å². The fourth-order valence-corrected chi connectivity index (χ4v) is 0. The first-order chi connectivity index (χ1) is 2.41. The van der Waals surface area contributed by atoms with E-state index < -0.39 is 0 Å². The summed E-state index contributed by atoms with van der Waals surface area (Å²) in [5, 5.41) is 0.375. The minimum atomic E-state index is 0. The van der Waals surface area contributed by atoms with Gasteiger partial charge in [-0.25, -0.2) is 0 Å². The van der Waals surface area contributed by atoms with E-state index in [9.17, 15) is 0 Å². The molecule has 0 aliphatic heterocycles. The summed E-state index contributed by atoms with van der Waals surface area (Å²) in [6.45, 7) is 2.00. The number of carbonyl (C=O) groups excluding carboxylic acids is 2. The zero-order chi connectivity index (χ0) is 4.71. The first kappa shape index (κ1) is 16.2. The molecule has 0 aliphatic rings. The first-order valence-corrected chi connectivity index (χ1v) is 1.28. The molecule has 0 saturated carbocycles. The summed E-state index contributed by atoms with van der Waals surface area (Å²) < 4.78 is 0. The minimum absolute atomic E-state index is 0. The van der Waals surface area contributed by atoms with E-state index in [0.29, 0.717) is 5.26 Å². The van der Waals surface area contributed by atoms with Crippen molar-refractivity contribution in [2.45, 2.75) is 0 Å². The molecule has 0 aliphatic carbocycles. The third-order valence-corrected chi connectivity index (χ3v) is 0. The van der Waals surface area contributed by atoms with Gasteiger partial charge in [-0.05, 0) is 0 Å². The molecular formula is C2H3Ni2O2. The molecule has 0 heterocycles. The van der Waals surface area contributed by atoms with E-state index in [4.69, 9.17) is 9.59 Å². The fourth-order valence-electron chi connectivity index (χ4n) is 0. The Hall–Kier alpha value is 0.327. The molecule has 0 aromatic rings. The van der Waals surface area contributed by atoms with E-state index in [1.807, 2.05) is 6.79 Å². The van der Waals surface area contributed by atoms with Crippen molar-refractivity contribution in [3.05, 3.63) is 0 Å². The average Bonchev–Trinajstić information content (AvgIpc) is 1.46.